The second-order valence-electron chi connectivity index (χ2n) is 7.24. The lowest BCUT2D eigenvalue weighted by atomic mass is 9.90. The summed E-state index contributed by atoms with van der Waals surface area (Å²) in [5.74, 6) is 0.0691. The van der Waals surface area contributed by atoms with E-state index in [9.17, 15) is 4.79 Å². The Balaban J connectivity index is 1.37. The van der Waals surface area contributed by atoms with Gasteiger partial charge in [0.15, 0.2) is 0 Å². The fourth-order valence-electron chi connectivity index (χ4n) is 3.79. The molecular formula is C23H25N3O. The van der Waals surface area contributed by atoms with Crippen molar-refractivity contribution in [1.29, 1.82) is 0 Å². The third kappa shape index (κ3) is 4.45. The van der Waals surface area contributed by atoms with Crippen LogP contribution in [-0.4, -0.2) is 15.7 Å². The summed E-state index contributed by atoms with van der Waals surface area (Å²) < 4.78 is 1.90. The fraction of sp³-hybridized carbons (Fsp3) is 0.304. The van der Waals surface area contributed by atoms with Gasteiger partial charge in [-0.1, -0.05) is 42.5 Å². The Labute approximate surface area is 160 Å². The van der Waals surface area contributed by atoms with Crippen LogP contribution < -0.4 is 5.32 Å². The monoisotopic (exact) mass is 359 g/mol. The molecule has 0 unspecified atom stereocenters. The van der Waals surface area contributed by atoms with E-state index in [2.05, 4.69) is 40.7 Å². The highest BCUT2D eigenvalue weighted by Gasteiger charge is 2.11. The van der Waals surface area contributed by atoms with E-state index in [0.717, 1.165) is 17.5 Å². The standard InChI is InChI=1S/C23H25N3O/c27-23(15-18-10-11-19-6-1-2-7-20(19)14-18)24-16-21-8-3-4-9-22(21)17-26-13-5-12-25-26/h3-5,8-14H,1-2,6-7,15-17H2,(H,24,27). The van der Waals surface area contributed by atoms with E-state index in [1.54, 1.807) is 6.20 Å². The van der Waals surface area contributed by atoms with Crippen molar-refractivity contribution >= 4 is 5.91 Å². The molecule has 0 saturated carbocycles. The lowest BCUT2D eigenvalue weighted by molar-refractivity contribution is -0.120. The molecule has 4 rings (SSSR count). The maximum absolute atomic E-state index is 12.5. The van der Waals surface area contributed by atoms with Gasteiger partial charge in [0, 0.05) is 18.9 Å². The van der Waals surface area contributed by atoms with E-state index in [4.69, 9.17) is 0 Å². The minimum absolute atomic E-state index is 0.0691. The molecule has 1 aromatic heterocycles. The Morgan fingerprint density at radius 3 is 2.63 bits per heavy atom. The van der Waals surface area contributed by atoms with E-state index >= 15 is 0 Å². The van der Waals surface area contributed by atoms with Gasteiger partial charge in [0.1, 0.15) is 0 Å². The summed E-state index contributed by atoms with van der Waals surface area (Å²) in [6.45, 7) is 1.26. The Kier molecular flexibility index (Phi) is 5.33. The second-order valence-corrected chi connectivity index (χ2v) is 7.24. The second kappa shape index (κ2) is 8.21. The van der Waals surface area contributed by atoms with Crippen LogP contribution in [0.5, 0.6) is 0 Å². The topological polar surface area (TPSA) is 46.9 Å². The van der Waals surface area contributed by atoms with Gasteiger partial charge in [0.05, 0.1) is 13.0 Å². The highest BCUT2D eigenvalue weighted by molar-refractivity contribution is 5.78. The summed E-state index contributed by atoms with van der Waals surface area (Å²) in [5.41, 5.74) is 6.30. The average molecular weight is 359 g/mol. The number of hydrogen-bond acceptors (Lipinski definition) is 2. The predicted molar refractivity (Wildman–Crippen MR) is 106 cm³/mol. The molecule has 138 valence electrons. The third-order valence-electron chi connectivity index (χ3n) is 5.26. The molecule has 1 amide bonds. The minimum atomic E-state index is 0.0691. The highest BCUT2D eigenvalue weighted by Crippen LogP contribution is 2.22. The van der Waals surface area contributed by atoms with Crippen molar-refractivity contribution < 1.29 is 4.79 Å². The lowest BCUT2D eigenvalue weighted by Crippen LogP contribution is -2.25. The lowest BCUT2D eigenvalue weighted by Gasteiger charge is -2.16. The van der Waals surface area contributed by atoms with E-state index in [-0.39, 0.29) is 5.91 Å². The summed E-state index contributed by atoms with van der Waals surface area (Å²) in [5, 5.41) is 7.35. The van der Waals surface area contributed by atoms with E-state index in [0.29, 0.717) is 19.5 Å². The molecular weight excluding hydrogens is 334 g/mol. The van der Waals surface area contributed by atoms with Crippen molar-refractivity contribution in [2.45, 2.75) is 45.2 Å². The maximum atomic E-state index is 12.5. The van der Waals surface area contributed by atoms with Crippen LogP contribution >= 0.6 is 0 Å². The maximum Gasteiger partial charge on any atom is 0.224 e. The summed E-state index contributed by atoms with van der Waals surface area (Å²) in [4.78, 5) is 12.5. The van der Waals surface area contributed by atoms with Crippen molar-refractivity contribution in [2.24, 2.45) is 0 Å². The third-order valence-corrected chi connectivity index (χ3v) is 5.26. The number of rotatable bonds is 6. The number of aromatic nitrogens is 2. The van der Waals surface area contributed by atoms with Crippen molar-refractivity contribution in [3.05, 3.63) is 88.7 Å². The number of aryl methyl sites for hydroxylation is 2. The molecule has 0 radical (unpaired) electrons. The zero-order valence-electron chi connectivity index (χ0n) is 15.5. The molecule has 1 aliphatic carbocycles. The molecule has 4 heteroatoms. The summed E-state index contributed by atoms with van der Waals surface area (Å²) in [6, 6.07) is 16.6. The van der Waals surface area contributed by atoms with Gasteiger partial charge in [-0.15, -0.1) is 0 Å². The van der Waals surface area contributed by atoms with Crippen LogP contribution in [0.3, 0.4) is 0 Å². The molecule has 3 aromatic rings. The van der Waals surface area contributed by atoms with Crippen LogP contribution in [0.1, 0.15) is 40.7 Å². The van der Waals surface area contributed by atoms with Crippen LogP contribution in [0.4, 0.5) is 0 Å². The van der Waals surface area contributed by atoms with Gasteiger partial charge < -0.3 is 5.32 Å². The molecule has 2 aromatic carbocycles. The molecule has 0 bridgehead atoms. The Morgan fingerprint density at radius 1 is 1.00 bits per heavy atom. The number of benzene rings is 2. The molecule has 0 atom stereocenters. The first-order valence-electron chi connectivity index (χ1n) is 9.69. The van der Waals surface area contributed by atoms with Crippen LogP contribution in [-0.2, 0) is 37.1 Å². The normalized spacial score (nSPS) is 13.2. The number of nitrogens with zero attached hydrogens (tertiary/aromatic N) is 2. The van der Waals surface area contributed by atoms with Gasteiger partial charge in [-0.25, -0.2) is 0 Å². The van der Waals surface area contributed by atoms with Gasteiger partial charge in [-0.2, -0.15) is 5.10 Å². The zero-order valence-corrected chi connectivity index (χ0v) is 15.5. The SMILES string of the molecule is O=C(Cc1ccc2c(c1)CCCC2)NCc1ccccc1Cn1cccn1. The van der Waals surface area contributed by atoms with Crippen molar-refractivity contribution in [2.75, 3.05) is 0 Å². The predicted octanol–water partition coefficient (Wildman–Crippen LogP) is 3.67. The van der Waals surface area contributed by atoms with Crippen molar-refractivity contribution in [3.8, 4) is 0 Å². The fourth-order valence-corrected chi connectivity index (χ4v) is 3.79. The quantitative estimate of drug-likeness (QED) is 0.730. The number of carbonyl (C=O) groups excluding carboxylic acids is 1. The largest absolute Gasteiger partial charge is 0.352 e. The first kappa shape index (κ1) is 17.5. The van der Waals surface area contributed by atoms with Gasteiger partial charge in [-0.3, -0.25) is 9.48 Å². The van der Waals surface area contributed by atoms with Crippen LogP contribution in [0, 0.1) is 0 Å². The molecule has 1 N–H and O–H groups in total. The Bertz CT molecular complexity index is 915. The molecule has 0 spiro atoms. The van der Waals surface area contributed by atoms with Gasteiger partial charge in [0.2, 0.25) is 5.91 Å². The summed E-state index contributed by atoms with van der Waals surface area (Å²) in [6.07, 6.45) is 9.03. The van der Waals surface area contributed by atoms with E-state index in [1.807, 2.05) is 29.1 Å². The smallest absolute Gasteiger partial charge is 0.224 e. The number of carbonyl (C=O) groups is 1. The van der Waals surface area contributed by atoms with Gasteiger partial charge >= 0.3 is 0 Å². The van der Waals surface area contributed by atoms with Crippen LogP contribution in [0.2, 0.25) is 0 Å². The molecule has 0 saturated heterocycles. The number of hydrogen-bond donors (Lipinski definition) is 1. The molecule has 0 aliphatic heterocycles. The van der Waals surface area contributed by atoms with Crippen LogP contribution in [0.25, 0.3) is 0 Å². The number of amides is 1. The number of nitrogens with one attached hydrogen (secondary N) is 1. The number of fused-ring (bicyclic) bond motifs is 1. The average Bonchev–Trinajstić information content (AvgIpc) is 3.20. The Morgan fingerprint density at radius 2 is 1.81 bits per heavy atom. The van der Waals surface area contributed by atoms with Crippen molar-refractivity contribution in [3.63, 3.8) is 0 Å². The van der Waals surface area contributed by atoms with Crippen molar-refractivity contribution in [1.82, 2.24) is 15.1 Å². The molecule has 1 aliphatic rings. The van der Waals surface area contributed by atoms with E-state index in [1.165, 1.54) is 36.0 Å². The molecule has 1 heterocycles. The van der Waals surface area contributed by atoms with Gasteiger partial charge in [0.25, 0.3) is 0 Å². The zero-order chi connectivity index (χ0) is 18.5. The van der Waals surface area contributed by atoms with Gasteiger partial charge in [-0.05, 0) is 59.6 Å². The van der Waals surface area contributed by atoms with Crippen LogP contribution in [0.15, 0.2) is 60.9 Å². The minimum Gasteiger partial charge on any atom is -0.352 e. The van der Waals surface area contributed by atoms with E-state index < -0.39 is 0 Å². The Hall–Kier alpha value is -2.88. The summed E-state index contributed by atoms with van der Waals surface area (Å²) >= 11 is 0. The summed E-state index contributed by atoms with van der Waals surface area (Å²) in [7, 11) is 0. The molecule has 27 heavy (non-hydrogen) atoms. The first-order chi connectivity index (χ1) is 13.3. The molecule has 4 nitrogen and oxygen atoms in total. The molecule has 0 fully saturated rings. The first-order valence-corrected chi connectivity index (χ1v) is 9.69. The highest BCUT2D eigenvalue weighted by atomic mass is 16.1.